The van der Waals surface area contributed by atoms with Crippen molar-refractivity contribution < 1.29 is 89.7 Å². The lowest BCUT2D eigenvalue weighted by atomic mass is 9.35. The summed E-state index contributed by atoms with van der Waals surface area (Å²) in [6, 6.07) is 0. The van der Waals surface area contributed by atoms with Gasteiger partial charge >= 0.3 is 0 Å². The number of hydrogen-bond donors (Lipinski definition) is 12. The van der Waals surface area contributed by atoms with Crippen molar-refractivity contribution >= 4 is 0 Å². The van der Waals surface area contributed by atoms with E-state index in [0.717, 1.165) is 31.3 Å². The average Bonchev–Trinajstić information content (AvgIpc) is 3.27. The molecule has 8 rings (SSSR count). The highest BCUT2D eigenvalue weighted by molar-refractivity contribution is 5.47. The van der Waals surface area contributed by atoms with Crippen molar-refractivity contribution in [2.24, 2.45) is 44.3 Å². The molecule has 8 aliphatic rings. The van der Waals surface area contributed by atoms with Crippen molar-refractivity contribution in [1.29, 1.82) is 0 Å². The van der Waals surface area contributed by atoms with Gasteiger partial charge in [-0.2, -0.15) is 0 Å². The molecule has 18 nitrogen and oxygen atoms in total. The zero-order chi connectivity index (χ0) is 48.3. The second-order valence-corrected chi connectivity index (χ2v) is 23.1. The van der Waals surface area contributed by atoms with Crippen LogP contribution in [0.2, 0.25) is 0 Å². The van der Waals surface area contributed by atoms with Crippen molar-refractivity contribution in [2.75, 3.05) is 26.4 Å². The molecule has 24 atom stereocenters. The number of ether oxygens (including phenoxy) is 6. The maximum atomic E-state index is 12.1. The van der Waals surface area contributed by atoms with Gasteiger partial charge in [0.2, 0.25) is 0 Å². The van der Waals surface area contributed by atoms with Crippen LogP contribution in [0.5, 0.6) is 0 Å². The van der Waals surface area contributed by atoms with Crippen LogP contribution in [0, 0.1) is 44.3 Å². The van der Waals surface area contributed by atoms with Crippen LogP contribution in [0.3, 0.4) is 0 Å². The summed E-state index contributed by atoms with van der Waals surface area (Å²) in [4.78, 5) is 0. The van der Waals surface area contributed by atoms with E-state index in [-0.39, 0.29) is 41.3 Å². The van der Waals surface area contributed by atoms with Crippen molar-refractivity contribution in [3.05, 3.63) is 23.3 Å². The summed E-state index contributed by atoms with van der Waals surface area (Å²) >= 11 is 0. The number of fused-ring (bicyclic) bond motifs is 6. The first-order chi connectivity index (χ1) is 30.9. The largest absolute Gasteiger partial charge is 0.396 e. The Morgan fingerprint density at radius 3 is 1.95 bits per heavy atom. The fourth-order valence-electron chi connectivity index (χ4n) is 14.5. The van der Waals surface area contributed by atoms with Gasteiger partial charge in [-0.15, -0.1) is 0 Å². The molecule has 0 bridgehead atoms. The lowest BCUT2D eigenvalue weighted by Gasteiger charge is -2.70. The van der Waals surface area contributed by atoms with Crippen LogP contribution in [0.25, 0.3) is 0 Å². The molecule has 0 spiro atoms. The molecule has 3 heterocycles. The highest BCUT2D eigenvalue weighted by atomic mass is 16.8. The molecule has 3 saturated carbocycles. The van der Waals surface area contributed by atoms with Gasteiger partial charge in [-0.25, -0.2) is 0 Å². The summed E-state index contributed by atoms with van der Waals surface area (Å²) in [6.45, 7) is 13.5. The van der Waals surface area contributed by atoms with E-state index in [2.05, 4.69) is 53.7 Å². The molecule has 6 fully saturated rings. The second-order valence-electron chi connectivity index (χ2n) is 23.1. The number of aliphatic hydroxyl groups excluding tert-OH is 12. The predicted octanol–water partition coefficient (Wildman–Crippen LogP) is -0.495. The van der Waals surface area contributed by atoms with Crippen LogP contribution in [0.4, 0.5) is 0 Å². The van der Waals surface area contributed by atoms with Crippen molar-refractivity contribution in [2.45, 2.75) is 204 Å². The number of aliphatic hydroxyl groups is 12. The minimum absolute atomic E-state index is 0.0300. The quantitative estimate of drug-likeness (QED) is 0.123. The fraction of sp³-hybridized carbons (Fsp3) is 0.917. The zero-order valence-electron chi connectivity index (χ0n) is 39.4. The lowest BCUT2D eigenvalue weighted by Crippen LogP contribution is -2.66. The molecule has 0 amide bonds. The Morgan fingerprint density at radius 1 is 0.652 bits per heavy atom. The summed E-state index contributed by atoms with van der Waals surface area (Å²) < 4.78 is 36.2. The highest BCUT2D eigenvalue weighted by Gasteiger charge is 2.68. The Hall–Kier alpha value is -1.24. The van der Waals surface area contributed by atoms with Gasteiger partial charge in [0.15, 0.2) is 18.9 Å². The van der Waals surface area contributed by atoms with Crippen LogP contribution in [0.15, 0.2) is 23.3 Å². The van der Waals surface area contributed by atoms with E-state index in [9.17, 15) is 61.3 Å². The van der Waals surface area contributed by atoms with Crippen LogP contribution in [-0.4, -0.2) is 192 Å². The summed E-state index contributed by atoms with van der Waals surface area (Å²) in [7, 11) is 0. The molecule has 3 aliphatic heterocycles. The van der Waals surface area contributed by atoms with Crippen LogP contribution < -0.4 is 0 Å². The fourth-order valence-corrected chi connectivity index (χ4v) is 14.5. The molecular formula is C48H78O18. The smallest absolute Gasteiger partial charge is 0.187 e. The van der Waals surface area contributed by atoms with Gasteiger partial charge in [-0.3, -0.25) is 0 Å². The van der Waals surface area contributed by atoms with Crippen LogP contribution in [-0.2, 0) is 28.4 Å². The Kier molecular flexibility index (Phi) is 14.0. The molecule has 0 aromatic carbocycles. The van der Waals surface area contributed by atoms with Gasteiger partial charge < -0.3 is 89.7 Å². The van der Waals surface area contributed by atoms with Gasteiger partial charge in [-0.1, -0.05) is 59.3 Å². The molecule has 0 aromatic heterocycles. The summed E-state index contributed by atoms with van der Waals surface area (Å²) in [5, 5.41) is 130. The first-order valence-corrected chi connectivity index (χ1v) is 24.1. The number of rotatable bonds is 10. The third kappa shape index (κ3) is 7.84. The second kappa shape index (κ2) is 18.1. The first kappa shape index (κ1) is 51.1. The minimum atomic E-state index is -1.77. The zero-order valence-corrected chi connectivity index (χ0v) is 39.4. The van der Waals surface area contributed by atoms with E-state index >= 15 is 0 Å². The third-order valence-corrected chi connectivity index (χ3v) is 19.0. The van der Waals surface area contributed by atoms with Gasteiger partial charge in [0.25, 0.3) is 0 Å². The van der Waals surface area contributed by atoms with Crippen molar-refractivity contribution in [1.82, 2.24) is 0 Å². The number of hydrogen-bond acceptors (Lipinski definition) is 18. The molecule has 0 unspecified atom stereocenters. The Labute approximate surface area is 387 Å². The van der Waals surface area contributed by atoms with Gasteiger partial charge in [0.05, 0.1) is 38.1 Å². The van der Waals surface area contributed by atoms with Crippen molar-refractivity contribution in [3.8, 4) is 0 Å². The molecule has 3 saturated heterocycles. The molecule has 12 N–H and O–H groups in total. The standard InChI is InChI=1S/C48H78O18/c1-22-31(53)33(55)37(59)41(62-22)66-39-26(19-61-40-36(58)34(56)32(54)25(18-49)63-40)64-42(38(60)35(39)57)65-30-11-12-45(5)27(43(30,2)3)10-13-46(6)28(45)9-8-23-24-16-44(4,20-50)14-15-48(24,21-51)29(52)17-47(23,46)7/h8-9,22,25-42,49-60H,10-21H2,1-7H3/t22-,25+,26+,27-,28+,29+,30-,31-,32+,33+,34-,35+,36+,37+,38+,39+,40+,41-,42-,44-,45-,46+,47+,48+/m0/s1. The van der Waals surface area contributed by atoms with E-state index in [1.807, 2.05) is 0 Å². The maximum absolute atomic E-state index is 12.1. The predicted molar refractivity (Wildman–Crippen MR) is 231 cm³/mol. The third-order valence-electron chi connectivity index (χ3n) is 19.0. The normalized spacial score (nSPS) is 54.8. The highest BCUT2D eigenvalue weighted by Crippen LogP contribution is 2.74. The van der Waals surface area contributed by atoms with Gasteiger partial charge in [0, 0.05) is 17.4 Å². The minimum Gasteiger partial charge on any atom is -0.396 e. The van der Waals surface area contributed by atoms with E-state index in [1.165, 1.54) is 12.5 Å². The Morgan fingerprint density at radius 2 is 1.29 bits per heavy atom. The lowest BCUT2D eigenvalue weighted by molar-refractivity contribution is -0.373. The maximum Gasteiger partial charge on any atom is 0.187 e. The summed E-state index contributed by atoms with van der Waals surface area (Å²) in [5.74, 6) is 0.224. The van der Waals surface area contributed by atoms with Gasteiger partial charge in [-0.05, 0) is 97.4 Å². The molecular weight excluding hydrogens is 865 g/mol. The molecule has 0 aromatic rings. The van der Waals surface area contributed by atoms with Crippen molar-refractivity contribution in [3.63, 3.8) is 0 Å². The van der Waals surface area contributed by atoms with E-state index in [4.69, 9.17) is 28.4 Å². The summed E-state index contributed by atoms with van der Waals surface area (Å²) in [6.07, 6.45) is -14.4. The topological polar surface area (TPSA) is 298 Å². The van der Waals surface area contributed by atoms with Crippen LogP contribution >= 0.6 is 0 Å². The van der Waals surface area contributed by atoms with Gasteiger partial charge in [0.1, 0.15) is 67.1 Å². The van der Waals surface area contributed by atoms with E-state index in [0.29, 0.717) is 25.7 Å². The SMILES string of the molecule is C[C@@H]1O[C@@H](O[C@H]2[C@H](O)[C@@H](O)[C@H](O[C@H]3CC[C@]4(C)[C@H]5C=CC6=C7C[C@@](C)(CO)CC[C@]7(CO)[C@H](O)C[C@@]6(C)[C@]5(C)CC[C@H]4C3(C)C)O[C@@H]2CO[C@@H]2O[C@H](CO)[C@@H](O)[C@H](O)[C@H]2O)[C@H](O)[C@H](O)[C@H]1O. The van der Waals surface area contributed by atoms with Crippen LogP contribution in [0.1, 0.15) is 99.8 Å². The molecule has 66 heavy (non-hydrogen) atoms. The summed E-state index contributed by atoms with van der Waals surface area (Å²) in [5.41, 5.74) is -0.197. The monoisotopic (exact) mass is 943 g/mol. The molecule has 5 aliphatic carbocycles. The average molecular weight is 943 g/mol. The molecule has 0 radical (unpaired) electrons. The number of allylic oxidation sites excluding steroid dienone is 3. The Balaban J connectivity index is 1.04. The van der Waals surface area contributed by atoms with E-state index < -0.39 is 134 Å². The van der Waals surface area contributed by atoms with E-state index in [1.54, 1.807) is 0 Å². The molecule has 378 valence electrons. The Bertz CT molecular complexity index is 1810. The molecule has 18 heteroatoms. The first-order valence-electron chi connectivity index (χ1n) is 24.1.